The van der Waals surface area contributed by atoms with E-state index >= 15 is 0 Å². The van der Waals surface area contributed by atoms with Crippen molar-refractivity contribution in [3.05, 3.63) is 0 Å². The van der Waals surface area contributed by atoms with E-state index < -0.39 is 21.7 Å². The molecule has 6 heteroatoms. The van der Waals surface area contributed by atoms with Gasteiger partial charge in [-0.3, -0.25) is 0 Å². The summed E-state index contributed by atoms with van der Waals surface area (Å²) in [6.07, 6.45) is 2.39. The molecule has 104 valence electrons. The molecule has 2 bridgehead atoms. The molecule has 0 aliphatic carbocycles. The van der Waals surface area contributed by atoms with E-state index in [0.29, 0.717) is 12.8 Å². The summed E-state index contributed by atoms with van der Waals surface area (Å²) < 4.78 is 51.2. The molecule has 1 N–H and O–H groups in total. The van der Waals surface area contributed by atoms with E-state index in [1.165, 1.54) is 0 Å². The van der Waals surface area contributed by atoms with Gasteiger partial charge in [0, 0.05) is 24.4 Å². The highest BCUT2D eigenvalue weighted by Gasteiger charge is 2.55. The van der Waals surface area contributed by atoms with Crippen molar-refractivity contribution in [3.63, 3.8) is 0 Å². The van der Waals surface area contributed by atoms with Crippen molar-refractivity contribution in [1.29, 1.82) is 0 Å². The second-order valence-corrected chi connectivity index (χ2v) is 8.33. The van der Waals surface area contributed by atoms with Crippen LogP contribution in [0.3, 0.4) is 0 Å². The van der Waals surface area contributed by atoms with Gasteiger partial charge in [0.1, 0.15) is 9.84 Å². The fraction of sp³-hybridized carbons (Fsp3) is 1.00. The Morgan fingerprint density at radius 2 is 1.72 bits per heavy atom. The number of fused-ring (bicyclic) bond motifs is 2. The van der Waals surface area contributed by atoms with E-state index in [-0.39, 0.29) is 35.9 Å². The monoisotopic (exact) mass is 279 g/mol. The molecule has 0 aromatic carbocycles. The van der Waals surface area contributed by atoms with Crippen LogP contribution in [0.2, 0.25) is 0 Å². The molecule has 3 fully saturated rings. The molecule has 3 heterocycles. The number of halogens is 2. The number of rotatable bonds is 1. The molecule has 3 nitrogen and oxygen atoms in total. The lowest BCUT2D eigenvalue weighted by Gasteiger charge is -2.43. The largest absolute Gasteiger partial charge is 0.310 e. The molecule has 0 spiro atoms. The molecule has 3 saturated heterocycles. The van der Waals surface area contributed by atoms with Crippen LogP contribution in [0.25, 0.3) is 0 Å². The van der Waals surface area contributed by atoms with E-state index in [9.17, 15) is 17.2 Å². The highest BCUT2D eigenvalue weighted by atomic mass is 32.2. The van der Waals surface area contributed by atoms with Gasteiger partial charge in [-0.05, 0) is 31.6 Å². The van der Waals surface area contributed by atoms with Gasteiger partial charge in [0.25, 0.3) is 5.92 Å². The van der Waals surface area contributed by atoms with Crippen LogP contribution in [-0.2, 0) is 9.84 Å². The molecule has 0 aromatic rings. The summed E-state index contributed by atoms with van der Waals surface area (Å²) in [5.41, 5.74) is 0. The Balaban J connectivity index is 1.78. The second kappa shape index (κ2) is 4.13. The van der Waals surface area contributed by atoms with Gasteiger partial charge in [-0.2, -0.15) is 0 Å². The van der Waals surface area contributed by atoms with Gasteiger partial charge >= 0.3 is 0 Å². The third-order valence-corrected chi connectivity index (χ3v) is 6.54. The first-order valence-electron chi connectivity index (χ1n) is 6.72. The third-order valence-electron chi connectivity index (χ3n) is 4.82. The number of alkyl halides is 2. The van der Waals surface area contributed by atoms with Crippen LogP contribution in [-0.4, -0.2) is 37.9 Å². The maximum atomic E-state index is 14.2. The van der Waals surface area contributed by atoms with Crippen molar-refractivity contribution >= 4 is 9.84 Å². The molecule has 0 radical (unpaired) electrons. The van der Waals surface area contributed by atoms with Gasteiger partial charge in [0.2, 0.25) is 0 Å². The van der Waals surface area contributed by atoms with Crippen LogP contribution in [0, 0.1) is 11.8 Å². The lowest BCUT2D eigenvalue weighted by molar-refractivity contribution is -0.118. The van der Waals surface area contributed by atoms with E-state index in [2.05, 4.69) is 5.32 Å². The minimum atomic E-state index is -2.97. The quantitative estimate of drug-likeness (QED) is 0.793. The topological polar surface area (TPSA) is 46.2 Å². The van der Waals surface area contributed by atoms with E-state index in [1.807, 2.05) is 0 Å². The van der Waals surface area contributed by atoms with Crippen molar-refractivity contribution in [2.75, 3.05) is 11.5 Å². The van der Waals surface area contributed by atoms with Crippen molar-refractivity contribution in [1.82, 2.24) is 5.32 Å². The van der Waals surface area contributed by atoms with Gasteiger partial charge in [-0.25, -0.2) is 17.2 Å². The smallest absolute Gasteiger partial charge is 0.254 e. The lowest BCUT2D eigenvalue weighted by atomic mass is 9.75. The van der Waals surface area contributed by atoms with Crippen LogP contribution in [0.15, 0.2) is 0 Å². The van der Waals surface area contributed by atoms with Crippen LogP contribution in [0.4, 0.5) is 8.78 Å². The number of hydrogen-bond donors (Lipinski definition) is 1. The number of sulfone groups is 1. The fourth-order valence-corrected chi connectivity index (χ4v) is 5.52. The Labute approximate surface area is 106 Å². The van der Waals surface area contributed by atoms with Gasteiger partial charge < -0.3 is 5.32 Å². The Morgan fingerprint density at radius 1 is 1.06 bits per heavy atom. The van der Waals surface area contributed by atoms with E-state index in [0.717, 1.165) is 12.8 Å². The molecule has 3 rings (SSSR count). The molecular formula is C12H19F2NO2S. The van der Waals surface area contributed by atoms with Gasteiger partial charge in [-0.1, -0.05) is 0 Å². The number of piperidine rings is 1. The summed E-state index contributed by atoms with van der Waals surface area (Å²) >= 11 is 0. The molecule has 3 unspecified atom stereocenters. The van der Waals surface area contributed by atoms with Gasteiger partial charge in [0.05, 0.1) is 11.5 Å². The molecule has 0 aromatic heterocycles. The van der Waals surface area contributed by atoms with Crippen LogP contribution >= 0.6 is 0 Å². The summed E-state index contributed by atoms with van der Waals surface area (Å²) in [5, 5.41) is 3.28. The Kier molecular flexibility index (Phi) is 2.94. The molecular weight excluding hydrogens is 260 g/mol. The lowest BCUT2D eigenvalue weighted by Crippen LogP contribution is -2.55. The fourth-order valence-electron chi connectivity index (χ4n) is 3.99. The SMILES string of the molecule is O=S1(=O)CCC(C2C3CCC(CC2(F)F)N3)CC1. The second-order valence-electron chi connectivity index (χ2n) is 6.03. The molecule has 0 amide bonds. The van der Waals surface area contributed by atoms with E-state index in [4.69, 9.17) is 0 Å². The van der Waals surface area contributed by atoms with E-state index in [1.54, 1.807) is 0 Å². The minimum Gasteiger partial charge on any atom is -0.310 e. The number of nitrogens with one attached hydrogen (secondary N) is 1. The summed E-state index contributed by atoms with van der Waals surface area (Å²) in [6, 6.07) is -0.141. The molecule has 3 aliphatic rings. The first-order chi connectivity index (χ1) is 8.37. The summed E-state index contributed by atoms with van der Waals surface area (Å²) in [7, 11) is -2.97. The first kappa shape index (κ1) is 12.8. The molecule has 3 atom stereocenters. The summed E-state index contributed by atoms with van der Waals surface area (Å²) in [5.74, 6) is -3.25. The average molecular weight is 279 g/mol. The highest BCUT2D eigenvalue weighted by molar-refractivity contribution is 7.91. The average Bonchev–Trinajstić information content (AvgIpc) is 2.63. The minimum absolute atomic E-state index is 0.0337. The zero-order chi connectivity index (χ0) is 13.0. The number of hydrogen-bond acceptors (Lipinski definition) is 3. The maximum absolute atomic E-state index is 14.2. The predicted octanol–water partition coefficient (Wildman–Crippen LogP) is 1.59. The van der Waals surface area contributed by atoms with Gasteiger partial charge in [0.15, 0.2) is 0 Å². The zero-order valence-electron chi connectivity index (χ0n) is 10.2. The Morgan fingerprint density at radius 3 is 2.39 bits per heavy atom. The van der Waals surface area contributed by atoms with Crippen molar-refractivity contribution in [3.8, 4) is 0 Å². The van der Waals surface area contributed by atoms with Crippen LogP contribution in [0.5, 0.6) is 0 Å². The maximum Gasteiger partial charge on any atom is 0.254 e. The molecule has 18 heavy (non-hydrogen) atoms. The van der Waals surface area contributed by atoms with Gasteiger partial charge in [-0.15, -0.1) is 0 Å². The predicted molar refractivity (Wildman–Crippen MR) is 64.4 cm³/mol. The van der Waals surface area contributed by atoms with Crippen LogP contribution < -0.4 is 5.32 Å². The zero-order valence-corrected chi connectivity index (χ0v) is 11.1. The standard InChI is InChI=1S/C12H19F2NO2S/c13-12(14)7-9-1-2-10(15-9)11(12)8-3-5-18(16,17)6-4-8/h8-11,15H,1-7H2. The Bertz CT molecular complexity index is 423. The summed E-state index contributed by atoms with van der Waals surface area (Å²) in [6.45, 7) is 0. The molecule has 3 aliphatic heterocycles. The van der Waals surface area contributed by atoms with Crippen molar-refractivity contribution < 1.29 is 17.2 Å². The third kappa shape index (κ3) is 2.18. The van der Waals surface area contributed by atoms with Crippen LogP contribution in [0.1, 0.15) is 32.1 Å². The first-order valence-corrected chi connectivity index (χ1v) is 8.54. The van der Waals surface area contributed by atoms with Crippen molar-refractivity contribution in [2.24, 2.45) is 11.8 Å². The van der Waals surface area contributed by atoms with Crippen molar-refractivity contribution in [2.45, 2.75) is 50.1 Å². The summed E-state index contributed by atoms with van der Waals surface area (Å²) in [4.78, 5) is 0. The Hall–Kier alpha value is -0.230. The normalized spacial score (nSPS) is 42.9. The highest BCUT2D eigenvalue weighted by Crippen LogP contribution is 2.48. The molecule has 0 saturated carbocycles.